The van der Waals surface area contributed by atoms with E-state index in [1.54, 1.807) is 36.4 Å². The summed E-state index contributed by atoms with van der Waals surface area (Å²) in [7, 11) is 1.51. The number of halogens is 1. The van der Waals surface area contributed by atoms with Crippen LogP contribution in [0.15, 0.2) is 63.8 Å². The quantitative estimate of drug-likeness (QED) is 0.371. The van der Waals surface area contributed by atoms with Gasteiger partial charge in [-0.05, 0) is 35.9 Å². The Kier molecular flexibility index (Phi) is 5.35. The largest absolute Gasteiger partial charge is 0.493 e. The molecule has 2 aromatic carbocycles. The molecule has 1 amide bonds. The first-order chi connectivity index (χ1) is 16.0. The molecule has 166 valence electrons. The zero-order valence-electron chi connectivity index (χ0n) is 17.3. The van der Waals surface area contributed by atoms with E-state index in [1.165, 1.54) is 34.9 Å². The molecular formula is C23H16ClN3O5S. The fraction of sp³-hybridized carbons (Fsp3) is 0.130. The van der Waals surface area contributed by atoms with Crippen molar-refractivity contribution in [2.45, 2.75) is 6.04 Å². The van der Waals surface area contributed by atoms with Crippen molar-refractivity contribution in [3.05, 3.63) is 86.7 Å². The Morgan fingerprint density at radius 2 is 2.09 bits per heavy atom. The fourth-order valence-electron chi connectivity index (χ4n) is 3.85. The van der Waals surface area contributed by atoms with Crippen molar-refractivity contribution >= 4 is 44.9 Å². The summed E-state index contributed by atoms with van der Waals surface area (Å²) in [5.41, 5.74) is 2.27. The van der Waals surface area contributed by atoms with Gasteiger partial charge in [0.25, 0.3) is 5.91 Å². The van der Waals surface area contributed by atoms with Crippen molar-refractivity contribution in [1.29, 1.82) is 0 Å². The normalized spacial score (nSPS) is 15.0. The summed E-state index contributed by atoms with van der Waals surface area (Å²) in [6.07, 6.45) is 1.62. The van der Waals surface area contributed by atoms with Gasteiger partial charge >= 0.3 is 0 Å². The maximum atomic E-state index is 13.6. The molecule has 33 heavy (non-hydrogen) atoms. The minimum atomic E-state index is -0.803. The average molecular weight is 482 g/mol. The smallest absolute Gasteiger partial charge is 0.297 e. The van der Waals surface area contributed by atoms with E-state index < -0.39 is 11.9 Å². The summed E-state index contributed by atoms with van der Waals surface area (Å²) < 4.78 is 17.0. The summed E-state index contributed by atoms with van der Waals surface area (Å²) in [4.78, 5) is 28.4. The number of anilines is 1. The second-order valence-corrected chi connectivity index (χ2v) is 8.37. The van der Waals surface area contributed by atoms with Crippen molar-refractivity contribution in [2.24, 2.45) is 0 Å². The molecule has 3 heterocycles. The lowest BCUT2D eigenvalue weighted by molar-refractivity contribution is 0.0970. The van der Waals surface area contributed by atoms with Gasteiger partial charge in [-0.25, -0.2) is 0 Å². The van der Waals surface area contributed by atoms with Gasteiger partial charge in [0, 0.05) is 5.02 Å². The molecule has 2 aromatic heterocycles. The van der Waals surface area contributed by atoms with Crippen molar-refractivity contribution in [3.8, 4) is 11.5 Å². The Morgan fingerprint density at radius 3 is 2.82 bits per heavy atom. The Bertz CT molecular complexity index is 1450. The fourth-order valence-corrected chi connectivity index (χ4v) is 4.61. The van der Waals surface area contributed by atoms with Gasteiger partial charge in [-0.2, -0.15) is 0 Å². The Morgan fingerprint density at radius 1 is 1.24 bits per heavy atom. The SMILES string of the molecule is C=CCOc1ccc(C2c3c(oc4ccc(Cl)cc4c3=O)C(=O)N2c2nncs2)cc1OC. The minimum absolute atomic E-state index is 0.0408. The molecule has 0 fully saturated rings. The molecule has 1 atom stereocenters. The molecule has 5 rings (SSSR count). The minimum Gasteiger partial charge on any atom is -0.493 e. The van der Waals surface area contributed by atoms with Crippen LogP contribution in [-0.2, 0) is 0 Å². The van der Waals surface area contributed by atoms with Crippen LogP contribution in [0, 0.1) is 0 Å². The zero-order valence-corrected chi connectivity index (χ0v) is 18.9. The third-order valence-electron chi connectivity index (χ3n) is 5.25. The maximum absolute atomic E-state index is 13.6. The van der Waals surface area contributed by atoms with Crippen molar-refractivity contribution in [3.63, 3.8) is 0 Å². The molecule has 10 heteroatoms. The summed E-state index contributed by atoms with van der Waals surface area (Å²) >= 11 is 7.30. The number of benzene rings is 2. The summed E-state index contributed by atoms with van der Waals surface area (Å²) in [6.45, 7) is 3.95. The van der Waals surface area contributed by atoms with Gasteiger partial charge in [0.05, 0.1) is 24.1 Å². The van der Waals surface area contributed by atoms with Crippen LogP contribution >= 0.6 is 22.9 Å². The third-order valence-corrected chi connectivity index (χ3v) is 6.17. The van der Waals surface area contributed by atoms with Crippen LogP contribution in [0.25, 0.3) is 11.0 Å². The molecular weight excluding hydrogens is 466 g/mol. The van der Waals surface area contributed by atoms with Gasteiger partial charge in [0.2, 0.25) is 10.9 Å². The summed E-state index contributed by atoms with van der Waals surface area (Å²) in [5, 5.41) is 8.94. The number of ether oxygens (including phenoxy) is 2. The van der Waals surface area contributed by atoms with Gasteiger partial charge in [-0.3, -0.25) is 14.5 Å². The molecule has 1 aliphatic heterocycles. The van der Waals surface area contributed by atoms with Crippen LogP contribution in [0.2, 0.25) is 5.02 Å². The second kappa shape index (κ2) is 8.34. The first-order valence-electron chi connectivity index (χ1n) is 9.81. The van der Waals surface area contributed by atoms with Crippen molar-refractivity contribution in [1.82, 2.24) is 10.2 Å². The van der Waals surface area contributed by atoms with E-state index in [4.69, 9.17) is 25.5 Å². The highest BCUT2D eigenvalue weighted by atomic mass is 35.5. The number of nitrogens with zero attached hydrogens (tertiary/aromatic N) is 3. The number of rotatable bonds is 6. The van der Waals surface area contributed by atoms with E-state index >= 15 is 0 Å². The number of fused-ring (bicyclic) bond motifs is 2. The predicted molar refractivity (Wildman–Crippen MR) is 125 cm³/mol. The van der Waals surface area contributed by atoms with Gasteiger partial charge in [-0.1, -0.05) is 41.7 Å². The van der Waals surface area contributed by atoms with Gasteiger partial charge < -0.3 is 13.9 Å². The number of carbonyl (C=O) groups is 1. The highest BCUT2D eigenvalue weighted by Crippen LogP contribution is 2.43. The van der Waals surface area contributed by atoms with Crippen LogP contribution < -0.4 is 19.8 Å². The lowest BCUT2D eigenvalue weighted by atomic mass is 9.98. The molecule has 0 aliphatic carbocycles. The number of carbonyl (C=O) groups excluding carboxylic acids is 1. The summed E-state index contributed by atoms with van der Waals surface area (Å²) in [5.74, 6) is 0.429. The molecule has 1 unspecified atom stereocenters. The standard InChI is InChI=1S/C23H16ClN3O5S/c1-3-8-31-16-6-4-12(9-17(16)30-2)19-18-20(28)14-10-13(24)5-7-15(14)32-21(18)22(29)27(19)23-26-25-11-33-23/h3-7,9-11,19H,1,8H2,2H3. The number of aromatic nitrogens is 2. The lowest BCUT2D eigenvalue weighted by Crippen LogP contribution is -2.29. The van der Waals surface area contributed by atoms with E-state index in [1.807, 2.05) is 0 Å². The second-order valence-electron chi connectivity index (χ2n) is 7.12. The van der Waals surface area contributed by atoms with Crippen LogP contribution in [-0.4, -0.2) is 29.8 Å². The zero-order chi connectivity index (χ0) is 23.1. The molecule has 4 aromatic rings. The lowest BCUT2D eigenvalue weighted by Gasteiger charge is -2.23. The monoisotopic (exact) mass is 481 g/mol. The Hall–Kier alpha value is -3.69. The molecule has 0 bridgehead atoms. The van der Waals surface area contributed by atoms with Gasteiger partial charge in [-0.15, -0.1) is 10.2 Å². The van der Waals surface area contributed by atoms with Gasteiger partial charge in [0.1, 0.15) is 17.7 Å². The number of amides is 1. The van der Waals surface area contributed by atoms with E-state index in [9.17, 15) is 9.59 Å². The number of hydrogen-bond donors (Lipinski definition) is 0. The molecule has 0 saturated heterocycles. The van der Waals surface area contributed by atoms with E-state index in [2.05, 4.69) is 16.8 Å². The van der Waals surface area contributed by atoms with Crippen LogP contribution in [0.5, 0.6) is 11.5 Å². The van der Waals surface area contributed by atoms with Crippen LogP contribution in [0.4, 0.5) is 5.13 Å². The van der Waals surface area contributed by atoms with E-state index in [0.717, 1.165) is 0 Å². The predicted octanol–water partition coefficient (Wildman–Crippen LogP) is 4.62. The molecule has 8 nitrogen and oxygen atoms in total. The van der Waals surface area contributed by atoms with Crippen molar-refractivity contribution < 1.29 is 18.7 Å². The molecule has 0 radical (unpaired) electrons. The number of hydrogen-bond acceptors (Lipinski definition) is 8. The first-order valence-corrected chi connectivity index (χ1v) is 11.1. The number of methoxy groups -OCH3 is 1. The maximum Gasteiger partial charge on any atom is 0.297 e. The molecule has 0 N–H and O–H groups in total. The average Bonchev–Trinajstić information content (AvgIpc) is 3.45. The van der Waals surface area contributed by atoms with Gasteiger partial charge in [0.15, 0.2) is 16.9 Å². The molecule has 0 spiro atoms. The molecule has 0 saturated carbocycles. The van der Waals surface area contributed by atoms with Crippen LogP contribution in [0.1, 0.15) is 27.7 Å². The van der Waals surface area contributed by atoms with Crippen molar-refractivity contribution in [2.75, 3.05) is 18.6 Å². The molecule has 1 aliphatic rings. The highest BCUT2D eigenvalue weighted by molar-refractivity contribution is 7.13. The summed E-state index contributed by atoms with van der Waals surface area (Å²) in [6, 6.07) is 9.12. The topological polar surface area (TPSA) is 94.8 Å². The highest BCUT2D eigenvalue weighted by Gasteiger charge is 2.45. The van der Waals surface area contributed by atoms with Crippen LogP contribution in [0.3, 0.4) is 0 Å². The first kappa shape index (κ1) is 21.2. The van der Waals surface area contributed by atoms with E-state index in [-0.39, 0.29) is 27.7 Å². The third kappa shape index (κ3) is 3.46. The van der Waals surface area contributed by atoms with E-state index in [0.29, 0.717) is 33.8 Å². The Balaban J connectivity index is 1.75. The Labute approximate surface area is 196 Å².